The summed E-state index contributed by atoms with van der Waals surface area (Å²) in [7, 11) is 0. The third-order valence-electron chi connectivity index (χ3n) is 2.69. The Morgan fingerprint density at radius 1 is 1.43 bits per heavy atom. The molecule has 5 nitrogen and oxygen atoms in total. The molecule has 1 N–H and O–H groups in total. The van der Waals surface area contributed by atoms with Crippen molar-refractivity contribution in [3.05, 3.63) is 0 Å². The Bertz CT molecular complexity index is 218. The molecule has 0 aromatic carbocycles. The topological polar surface area (TPSA) is 65.0 Å². The zero-order valence-electron chi connectivity index (χ0n) is 8.06. The first-order valence-electron chi connectivity index (χ1n) is 4.82. The lowest BCUT2D eigenvalue weighted by Gasteiger charge is -2.47. The van der Waals surface area contributed by atoms with Gasteiger partial charge >= 0.3 is 5.97 Å². The summed E-state index contributed by atoms with van der Waals surface area (Å²) in [6.07, 6.45) is 0.431. The van der Waals surface area contributed by atoms with Crippen molar-refractivity contribution in [1.82, 2.24) is 0 Å². The molecule has 0 aromatic heterocycles. The van der Waals surface area contributed by atoms with Crippen molar-refractivity contribution >= 4 is 5.97 Å². The van der Waals surface area contributed by atoms with Crippen LogP contribution in [0.25, 0.3) is 0 Å². The van der Waals surface area contributed by atoms with Crippen molar-refractivity contribution in [2.75, 3.05) is 19.8 Å². The highest BCUT2D eigenvalue weighted by Crippen LogP contribution is 2.37. The van der Waals surface area contributed by atoms with E-state index in [1.54, 1.807) is 6.92 Å². The molecule has 14 heavy (non-hydrogen) atoms. The van der Waals surface area contributed by atoms with Gasteiger partial charge in [0, 0.05) is 5.92 Å². The molecule has 0 spiro atoms. The molecule has 0 aliphatic carbocycles. The van der Waals surface area contributed by atoms with Crippen LogP contribution in [0.4, 0.5) is 0 Å². The van der Waals surface area contributed by atoms with E-state index < -0.39 is 17.9 Å². The van der Waals surface area contributed by atoms with Gasteiger partial charge in [-0.15, -0.1) is 0 Å². The first-order chi connectivity index (χ1) is 6.68. The van der Waals surface area contributed by atoms with Crippen LogP contribution in [0, 0.1) is 11.8 Å². The summed E-state index contributed by atoms with van der Waals surface area (Å²) >= 11 is 0. The number of rotatable bonds is 3. The fourth-order valence-corrected chi connectivity index (χ4v) is 1.85. The minimum absolute atomic E-state index is 0.253. The van der Waals surface area contributed by atoms with Gasteiger partial charge < -0.3 is 19.3 Å². The normalized spacial score (nSPS) is 38.2. The van der Waals surface area contributed by atoms with Crippen LogP contribution in [0.1, 0.15) is 13.3 Å². The number of ether oxygens (including phenoxy) is 3. The summed E-state index contributed by atoms with van der Waals surface area (Å²) in [6, 6.07) is 0. The van der Waals surface area contributed by atoms with Crippen molar-refractivity contribution in [2.24, 2.45) is 11.8 Å². The summed E-state index contributed by atoms with van der Waals surface area (Å²) in [6.45, 7) is 3.38. The molecule has 0 aromatic rings. The number of carbonyl (C=O) groups is 1. The Labute approximate surface area is 81.9 Å². The summed E-state index contributed by atoms with van der Waals surface area (Å²) in [4.78, 5) is 11.0. The molecule has 2 bridgehead atoms. The average Bonchev–Trinajstić information content (AvgIpc) is 2.20. The van der Waals surface area contributed by atoms with Gasteiger partial charge in [0.2, 0.25) is 0 Å². The Morgan fingerprint density at radius 2 is 1.93 bits per heavy atom. The molecule has 3 heterocycles. The van der Waals surface area contributed by atoms with Gasteiger partial charge in [-0.3, -0.25) is 4.79 Å². The quantitative estimate of drug-likeness (QED) is 0.719. The average molecular weight is 202 g/mol. The molecule has 3 saturated heterocycles. The lowest BCUT2D eigenvalue weighted by atomic mass is 10.0. The smallest absolute Gasteiger partial charge is 0.314 e. The van der Waals surface area contributed by atoms with Crippen LogP contribution < -0.4 is 0 Å². The Morgan fingerprint density at radius 3 is 2.29 bits per heavy atom. The van der Waals surface area contributed by atoms with E-state index in [2.05, 4.69) is 0 Å². The molecular formula is C9H14O5. The van der Waals surface area contributed by atoms with Crippen molar-refractivity contribution in [2.45, 2.75) is 19.3 Å². The van der Waals surface area contributed by atoms with Crippen molar-refractivity contribution in [3.63, 3.8) is 0 Å². The minimum atomic E-state index is -1.32. The van der Waals surface area contributed by atoms with E-state index in [9.17, 15) is 4.79 Å². The summed E-state index contributed by atoms with van der Waals surface area (Å²) < 4.78 is 16.1. The number of aliphatic carboxylic acids is 1. The van der Waals surface area contributed by atoms with E-state index in [0.29, 0.717) is 26.2 Å². The molecule has 1 unspecified atom stereocenters. The van der Waals surface area contributed by atoms with Gasteiger partial charge in [0.05, 0.1) is 19.8 Å². The van der Waals surface area contributed by atoms with Gasteiger partial charge in [-0.1, -0.05) is 6.92 Å². The van der Waals surface area contributed by atoms with Crippen molar-refractivity contribution in [3.8, 4) is 0 Å². The maximum Gasteiger partial charge on any atom is 0.314 e. The number of fused-ring (bicyclic) bond motifs is 3. The molecule has 0 radical (unpaired) electrons. The maximum atomic E-state index is 11.0. The van der Waals surface area contributed by atoms with Crippen LogP contribution in [-0.4, -0.2) is 36.9 Å². The fraction of sp³-hybridized carbons (Fsp3) is 0.889. The lowest BCUT2D eigenvalue weighted by molar-refractivity contribution is -0.463. The van der Waals surface area contributed by atoms with Gasteiger partial charge in [0.1, 0.15) is 5.92 Å². The molecule has 0 amide bonds. The number of carboxylic acids is 1. The predicted molar refractivity (Wildman–Crippen MR) is 45.5 cm³/mol. The van der Waals surface area contributed by atoms with E-state index in [1.165, 1.54) is 0 Å². The minimum Gasteiger partial charge on any atom is -0.481 e. The Hall–Kier alpha value is -0.650. The second kappa shape index (κ2) is 3.49. The molecular weight excluding hydrogens is 188 g/mol. The Balaban J connectivity index is 2.16. The fourth-order valence-electron chi connectivity index (χ4n) is 1.85. The first-order valence-corrected chi connectivity index (χ1v) is 4.82. The van der Waals surface area contributed by atoms with E-state index in [-0.39, 0.29) is 5.92 Å². The standard InChI is InChI=1S/C9H14O5/c1-2-7(8(10)11)9-12-3-6(4-13-9)5-14-9/h6-7H,2-5H2,1H3,(H,10,11). The van der Waals surface area contributed by atoms with E-state index in [1.807, 2.05) is 0 Å². The van der Waals surface area contributed by atoms with Crippen LogP contribution in [0.5, 0.6) is 0 Å². The molecule has 3 aliphatic heterocycles. The SMILES string of the molecule is CCC(C(=O)O)C12OCC(CO1)CO2. The summed E-state index contributed by atoms with van der Waals surface area (Å²) in [5.41, 5.74) is 0. The van der Waals surface area contributed by atoms with Crippen LogP contribution in [0.2, 0.25) is 0 Å². The number of hydrogen-bond donors (Lipinski definition) is 1. The number of carboxylic acid groups (broad SMARTS) is 1. The van der Waals surface area contributed by atoms with Gasteiger partial charge in [-0.25, -0.2) is 0 Å². The van der Waals surface area contributed by atoms with Gasteiger partial charge in [0.15, 0.2) is 0 Å². The lowest BCUT2D eigenvalue weighted by Crippen LogP contribution is -2.59. The zero-order valence-corrected chi connectivity index (χ0v) is 8.06. The highest BCUT2D eigenvalue weighted by molar-refractivity contribution is 5.70. The summed E-state index contributed by atoms with van der Waals surface area (Å²) in [5.74, 6) is -2.75. The molecule has 5 heteroatoms. The highest BCUT2D eigenvalue weighted by Gasteiger charge is 2.53. The van der Waals surface area contributed by atoms with Gasteiger partial charge in [-0.05, 0) is 6.42 Å². The van der Waals surface area contributed by atoms with Crippen molar-refractivity contribution in [1.29, 1.82) is 0 Å². The number of hydrogen-bond acceptors (Lipinski definition) is 4. The molecule has 3 rings (SSSR count). The molecule has 3 fully saturated rings. The third kappa shape index (κ3) is 1.41. The van der Waals surface area contributed by atoms with E-state index in [4.69, 9.17) is 19.3 Å². The van der Waals surface area contributed by atoms with E-state index >= 15 is 0 Å². The largest absolute Gasteiger partial charge is 0.481 e. The first kappa shape index (κ1) is 9.89. The monoisotopic (exact) mass is 202 g/mol. The van der Waals surface area contributed by atoms with Crippen molar-refractivity contribution < 1.29 is 24.1 Å². The maximum absolute atomic E-state index is 11.0. The van der Waals surface area contributed by atoms with Gasteiger partial charge in [-0.2, -0.15) is 0 Å². The second-order valence-electron chi connectivity index (χ2n) is 3.70. The summed E-state index contributed by atoms with van der Waals surface area (Å²) in [5, 5.41) is 9.00. The molecule has 3 aliphatic rings. The van der Waals surface area contributed by atoms with Crippen LogP contribution >= 0.6 is 0 Å². The van der Waals surface area contributed by atoms with Gasteiger partial charge in [0.25, 0.3) is 5.97 Å². The zero-order chi connectivity index (χ0) is 10.2. The molecule has 0 saturated carbocycles. The predicted octanol–water partition coefficient (Wildman–Crippen LogP) is 0.444. The van der Waals surface area contributed by atoms with Crippen LogP contribution in [-0.2, 0) is 19.0 Å². The second-order valence-corrected chi connectivity index (χ2v) is 3.70. The molecule has 1 atom stereocenters. The van der Waals surface area contributed by atoms with Crippen LogP contribution in [0.3, 0.4) is 0 Å². The van der Waals surface area contributed by atoms with E-state index in [0.717, 1.165) is 0 Å². The molecule has 80 valence electrons. The van der Waals surface area contributed by atoms with Crippen LogP contribution in [0.15, 0.2) is 0 Å². The highest BCUT2D eigenvalue weighted by atomic mass is 16.9. The Kier molecular flexibility index (Phi) is 2.47. The third-order valence-corrected chi connectivity index (χ3v) is 2.69.